The van der Waals surface area contributed by atoms with E-state index in [4.69, 9.17) is 4.74 Å². The summed E-state index contributed by atoms with van der Waals surface area (Å²) in [6, 6.07) is 15.7. The first-order valence-corrected chi connectivity index (χ1v) is 10.6. The predicted molar refractivity (Wildman–Crippen MR) is 120 cm³/mol. The van der Waals surface area contributed by atoms with Crippen LogP contribution in [0.15, 0.2) is 53.5 Å². The normalized spacial score (nSPS) is 17.9. The van der Waals surface area contributed by atoms with Gasteiger partial charge < -0.3 is 24.8 Å². The highest BCUT2D eigenvalue weighted by molar-refractivity contribution is 5.80. The van der Waals surface area contributed by atoms with Crippen molar-refractivity contribution in [2.24, 2.45) is 4.99 Å². The summed E-state index contributed by atoms with van der Waals surface area (Å²) in [6.45, 7) is 7.38. The lowest BCUT2D eigenvalue weighted by Gasteiger charge is -2.37. The average Bonchev–Trinajstić information content (AvgIpc) is 2.81. The van der Waals surface area contributed by atoms with Crippen LogP contribution in [0.25, 0.3) is 0 Å². The Labute approximate surface area is 177 Å². The molecule has 2 aromatic rings. The molecular formula is C23H30FN5O. The minimum absolute atomic E-state index is 0.158. The van der Waals surface area contributed by atoms with E-state index in [1.165, 1.54) is 17.3 Å². The lowest BCUT2D eigenvalue weighted by atomic mass is 10.2. The highest BCUT2D eigenvalue weighted by atomic mass is 19.1. The molecule has 0 atom stereocenters. The number of guanidine groups is 1. The average molecular weight is 412 g/mol. The van der Waals surface area contributed by atoms with Gasteiger partial charge in [-0.25, -0.2) is 4.39 Å². The largest absolute Gasteiger partial charge is 0.378 e. The van der Waals surface area contributed by atoms with Gasteiger partial charge in [0.25, 0.3) is 0 Å². The summed E-state index contributed by atoms with van der Waals surface area (Å²) in [4.78, 5) is 11.1. The molecule has 0 bridgehead atoms. The number of hydrogen-bond acceptors (Lipinski definition) is 4. The third kappa shape index (κ3) is 4.84. The molecule has 6 nitrogen and oxygen atoms in total. The van der Waals surface area contributed by atoms with Gasteiger partial charge >= 0.3 is 0 Å². The van der Waals surface area contributed by atoms with Gasteiger partial charge in [-0.3, -0.25) is 4.99 Å². The van der Waals surface area contributed by atoms with Gasteiger partial charge in [0.1, 0.15) is 5.82 Å². The highest BCUT2D eigenvalue weighted by Crippen LogP contribution is 2.20. The fourth-order valence-corrected chi connectivity index (χ4v) is 4.03. The predicted octanol–water partition coefficient (Wildman–Crippen LogP) is 2.56. The number of piperazine rings is 1. The molecule has 30 heavy (non-hydrogen) atoms. The van der Waals surface area contributed by atoms with Crippen LogP contribution in [-0.4, -0.2) is 70.4 Å². The molecule has 7 heteroatoms. The molecule has 0 aromatic heterocycles. The van der Waals surface area contributed by atoms with E-state index in [2.05, 4.69) is 49.3 Å². The number of nitrogens with one attached hydrogen (secondary N) is 1. The van der Waals surface area contributed by atoms with Crippen molar-refractivity contribution < 1.29 is 9.13 Å². The maximum absolute atomic E-state index is 14.1. The minimum Gasteiger partial charge on any atom is -0.378 e. The van der Waals surface area contributed by atoms with E-state index in [0.29, 0.717) is 5.69 Å². The quantitative estimate of drug-likeness (QED) is 0.619. The van der Waals surface area contributed by atoms with Crippen LogP contribution in [0, 0.1) is 5.82 Å². The van der Waals surface area contributed by atoms with Gasteiger partial charge in [0.2, 0.25) is 0 Å². The number of para-hydroxylation sites is 1. The second-order valence-corrected chi connectivity index (χ2v) is 7.59. The molecule has 4 rings (SSSR count). The van der Waals surface area contributed by atoms with Gasteiger partial charge in [-0.05, 0) is 29.8 Å². The van der Waals surface area contributed by atoms with E-state index in [9.17, 15) is 4.39 Å². The molecule has 160 valence electrons. The molecule has 2 saturated heterocycles. The Morgan fingerprint density at radius 3 is 2.30 bits per heavy atom. The molecule has 0 radical (unpaired) electrons. The van der Waals surface area contributed by atoms with Crippen LogP contribution in [0.5, 0.6) is 0 Å². The van der Waals surface area contributed by atoms with E-state index in [1.807, 2.05) is 19.2 Å². The summed E-state index contributed by atoms with van der Waals surface area (Å²) in [5, 5.41) is 3.47. The fraction of sp³-hybridized carbons (Fsp3) is 0.435. The molecule has 2 fully saturated rings. The SMILES string of the molecule is CN=C(NCc1ccc(N2CCOCC2)cc1)N1CCN(c2ccccc2F)CC1. The van der Waals surface area contributed by atoms with Gasteiger partial charge in [0.15, 0.2) is 5.96 Å². The van der Waals surface area contributed by atoms with Crippen molar-refractivity contribution >= 4 is 17.3 Å². The van der Waals surface area contributed by atoms with Crippen LogP contribution in [-0.2, 0) is 11.3 Å². The van der Waals surface area contributed by atoms with Gasteiger partial charge in [-0.1, -0.05) is 24.3 Å². The van der Waals surface area contributed by atoms with Crippen LogP contribution in [0.4, 0.5) is 15.8 Å². The summed E-state index contributed by atoms with van der Waals surface area (Å²) in [6.07, 6.45) is 0. The zero-order valence-corrected chi connectivity index (χ0v) is 17.6. The number of ether oxygens (including phenoxy) is 1. The van der Waals surface area contributed by atoms with Crippen molar-refractivity contribution in [3.05, 3.63) is 59.9 Å². The molecule has 2 aliphatic heterocycles. The van der Waals surface area contributed by atoms with Gasteiger partial charge in [0.05, 0.1) is 18.9 Å². The summed E-state index contributed by atoms with van der Waals surface area (Å²) in [7, 11) is 1.81. The first-order valence-electron chi connectivity index (χ1n) is 10.6. The Kier molecular flexibility index (Phi) is 6.69. The first-order chi connectivity index (χ1) is 14.7. The molecule has 0 saturated carbocycles. The number of hydrogen-bond donors (Lipinski definition) is 1. The minimum atomic E-state index is -0.158. The lowest BCUT2D eigenvalue weighted by Crippen LogP contribution is -2.52. The molecule has 2 aliphatic rings. The van der Waals surface area contributed by atoms with E-state index in [1.54, 1.807) is 6.07 Å². The Morgan fingerprint density at radius 2 is 1.63 bits per heavy atom. The van der Waals surface area contributed by atoms with Crippen molar-refractivity contribution in [2.75, 3.05) is 69.3 Å². The topological polar surface area (TPSA) is 43.3 Å². The Bertz CT molecular complexity index is 843. The van der Waals surface area contributed by atoms with Crippen LogP contribution in [0.3, 0.4) is 0 Å². The van der Waals surface area contributed by atoms with E-state index < -0.39 is 0 Å². The third-order valence-corrected chi connectivity index (χ3v) is 5.75. The molecular weight excluding hydrogens is 381 g/mol. The molecule has 0 amide bonds. The summed E-state index contributed by atoms with van der Waals surface area (Å²) in [5.41, 5.74) is 3.15. The van der Waals surface area contributed by atoms with Crippen molar-refractivity contribution in [2.45, 2.75) is 6.54 Å². The second-order valence-electron chi connectivity index (χ2n) is 7.59. The van der Waals surface area contributed by atoms with Crippen LogP contribution in [0.2, 0.25) is 0 Å². The molecule has 2 aromatic carbocycles. The number of aliphatic imine (C=N–C) groups is 1. The standard InChI is InChI=1S/C23H30FN5O/c1-25-23(29-12-10-28(11-13-29)22-5-3-2-4-21(22)24)26-18-19-6-8-20(9-7-19)27-14-16-30-17-15-27/h2-9H,10-18H2,1H3,(H,25,26). The fourth-order valence-electron chi connectivity index (χ4n) is 4.03. The summed E-state index contributed by atoms with van der Waals surface area (Å²) < 4.78 is 19.5. The van der Waals surface area contributed by atoms with Crippen LogP contribution >= 0.6 is 0 Å². The number of rotatable bonds is 4. The Hall–Kier alpha value is -2.80. The van der Waals surface area contributed by atoms with Crippen molar-refractivity contribution in [3.8, 4) is 0 Å². The van der Waals surface area contributed by atoms with Gasteiger partial charge in [0, 0.05) is 58.5 Å². The second kappa shape index (κ2) is 9.80. The zero-order valence-electron chi connectivity index (χ0n) is 17.6. The molecule has 0 unspecified atom stereocenters. The lowest BCUT2D eigenvalue weighted by molar-refractivity contribution is 0.122. The van der Waals surface area contributed by atoms with Crippen LogP contribution in [0.1, 0.15) is 5.56 Å². The first kappa shape index (κ1) is 20.5. The number of anilines is 2. The molecule has 2 heterocycles. The van der Waals surface area contributed by atoms with E-state index in [0.717, 1.165) is 65.0 Å². The maximum atomic E-state index is 14.1. The monoisotopic (exact) mass is 411 g/mol. The van der Waals surface area contributed by atoms with Crippen LogP contribution < -0.4 is 15.1 Å². The van der Waals surface area contributed by atoms with Gasteiger partial charge in [-0.15, -0.1) is 0 Å². The van der Waals surface area contributed by atoms with Gasteiger partial charge in [-0.2, -0.15) is 0 Å². The maximum Gasteiger partial charge on any atom is 0.194 e. The van der Waals surface area contributed by atoms with Crippen molar-refractivity contribution in [3.63, 3.8) is 0 Å². The number of halogens is 1. The van der Waals surface area contributed by atoms with Crippen molar-refractivity contribution in [1.29, 1.82) is 0 Å². The smallest absolute Gasteiger partial charge is 0.194 e. The summed E-state index contributed by atoms with van der Waals surface area (Å²) >= 11 is 0. The summed E-state index contributed by atoms with van der Waals surface area (Å²) in [5.74, 6) is 0.731. The highest BCUT2D eigenvalue weighted by Gasteiger charge is 2.21. The Morgan fingerprint density at radius 1 is 0.933 bits per heavy atom. The Balaban J connectivity index is 1.28. The number of benzene rings is 2. The zero-order chi connectivity index (χ0) is 20.8. The van der Waals surface area contributed by atoms with E-state index in [-0.39, 0.29) is 5.82 Å². The van der Waals surface area contributed by atoms with Crippen molar-refractivity contribution in [1.82, 2.24) is 10.2 Å². The molecule has 0 aliphatic carbocycles. The number of morpholine rings is 1. The number of nitrogens with zero attached hydrogens (tertiary/aromatic N) is 4. The van der Waals surface area contributed by atoms with E-state index >= 15 is 0 Å². The molecule has 1 N–H and O–H groups in total. The molecule has 0 spiro atoms. The third-order valence-electron chi connectivity index (χ3n) is 5.75.